The summed E-state index contributed by atoms with van der Waals surface area (Å²) in [5, 5.41) is 0. The Balaban J connectivity index is 1.61. The van der Waals surface area contributed by atoms with Gasteiger partial charge in [0, 0.05) is 46.3 Å². The molecule has 0 saturated carbocycles. The van der Waals surface area contributed by atoms with E-state index >= 15 is 0 Å². The van der Waals surface area contributed by atoms with Crippen molar-refractivity contribution in [1.29, 1.82) is 0 Å². The third kappa shape index (κ3) is 4.27. The molecule has 0 aliphatic carbocycles. The molecule has 6 heteroatoms. The molecule has 0 N–H and O–H groups in total. The summed E-state index contributed by atoms with van der Waals surface area (Å²) in [5.41, 5.74) is 2.92. The quantitative estimate of drug-likeness (QED) is 0.772. The van der Waals surface area contributed by atoms with Crippen LogP contribution in [0.25, 0.3) is 0 Å². The SMILES string of the molecule is C[C@H]1Oc2ccccc2N(CCC(=O)N(C)Cc2ccc(N(C)C)cc2)C1=O. The van der Waals surface area contributed by atoms with Crippen LogP contribution in [0, 0.1) is 0 Å². The zero-order valence-electron chi connectivity index (χ0n) is 16.9. The summed E-state index contributed by atoms with van der Waals surface area (Å²) in [7, 11) is 5.78. The fraction of sp³-hybridized carbons (Fsp3) is 0.364. The molecule has 0 aromatic heterocycles. The van der Waals surface area contributed by atoms with Crippen LogP contribution in [0.15, 0.2) is 48.5 Å². The number of rotatable bonds is 6. The topological polar surface area (TPSA) is 53.1 Å². The molecule has 2 aromatic carbocycles. The van der Waals surface area contributed by atoms with E-state index in [0.717, 1.165) is 16.9 Å². The first-order valence-electron chi connectivity index (χ1n) is 9.44. The lowest BCUT2D eigenvalue weighted by Crippen LogP contribution is -2.45. The summed E-state index contributed by atoms with van der Waals surface area (Å²) < 4.78 is 5.64. The Labute approximate surface area is 166 Å². The van der Waals surface area contributed by atoms with Crippen molar-refractivity contribution in [3.05, 3.63) is 54.1 Å². The van der Waals surface area contributed by atoms with Crippen molar-refractivity contribution in [2.45, 2.75) is 26.0 Å². The number of hydrogen-bond donors (Lipinski definition) is 0. The molecule has 3 rings (SSSR count). The minimum absolute atomic E-state index is 0.00103. The van der Waals surface area contributed by atoms with Gasteiger partial charge in [0.1, 0.15) is 5.75 Å². The molecular weight excluding hydrogens is 354 g/mol. The molecule has 0 radical (unpaired) electrons. The van der Waals surface area contributed by atoms with E-state index in [1.807, 2.05) is 67.5 Å². The number of benzene rings is 2. The first kappa shape index (κ1) is 19.7. The van der Waals surface area contributed by atoms with Gasteiger partial charge in [0.05, 0.1) is 5.69 Å². The van der Waals surface area contributed by atoms with Crippen LogP contribution in [0.3, 0.4) is 0 Å². The molecular formula is C22H27N3O3. The summed E-state index contributed by atoms with van der Waals surface area (Å²) in [6.07, 6.45) is -0.281. The monoisotopic (exact) mass is 381 g/mol. The van der Waals surface area contributed by atoms with Gasteiger partial charge < -0.3 is 19.4 Å². The predicted molar refractivity (Wildman–Crippen MR) is 111 cm³/mol. The Hall–Kier alpha value is -3.02. The molecule has 1 atom stereocenters. The molecule has 0 bridgehead atoms. The molecule has 1 aliphatic rings. The zero-order valence-corrected chi connectivity index (χ0v) is 16.9. The molecule has 0 unspecified atom stereocenters. The molecule has 28 heavy (non-hydrogen) atoms. The minimum atomic E-state index is -0.544. The van der Waals surface area contributed by atoms with Gasteiger partial charge in [0.15, 0.2) is 6.10 Å². The van der Waals surface area contributed by atoms with Gasteiger partial charge in [-0.2, -0.15) is 0 Å². The van der Waals surface area contributed by atoms with Gasteiger partial charge in [-0.05, 0) is 36.8 Å². The smallest absolute Gasteiger partial charge is 0.267 e. The Morgan fingerprint density at radius 1 is 1.07 bits per heavy atom. The van der Waals surface area contributed by atoms with E-state index in [1.54, 1.807) is 23.8 Å². The third-order valence-electron chi connectivity index (χ3n) is 4.92. The van der Waals surface area contributed by atoms with E-state index in [2.05, 4.69) is 0 Å². The van der Waals surface area contributed by atoms with Gasteiger partial charge in [0.25, 0.3) is 5.91 Å². The number of anilines is 2. The number of fused-ring (bicyclic) bond motifs is 1. The molecule has 0 fully saturated rings. The van der Waals surface area contributed by atoms with Crippen LogP contribution in [0.5, 0.6) is 5.75 Å². The second kappa shape index (κ2) is 8.33. The van der Waals surface area contributed by atoms with Crippen LogP contribution in [0.1, 0.15) is 18.9 Å². The standard InChI is InChI=1S/C22H27N3O3/c1-16-22(27)25(19-7-5-6-8-20(19)28-16)14-13-21(26)24(4)15-17-9-11-18(12-10-17)23(2)3/h5-12,16H,13-15H2,1-4H3/t16-/m1/s1. The van der Waals surface area contributed by atoms with Crippen molar-refractivity contribution < 1.29 is 14.3 Å². The largest absolute Gasteiger partial charge is 0.479 e. The van der Waals surface area contributed by atoms with Crippen LogP contribution in [-0.4, -0.2) is 50.5 Å². The summed E-state index contributed by atoms with van der Waals surface area (Å²) >= 11 is 0. The maximum Gasteiger partial charge on any atom is 0.267 e. The Bertz CT molecular complexity index is 848. The predicted octanol–water partition coefficient (Wildman–Crippen LogP) is 2.92. The van der Waals surface area contributed by atoms with E-state index in [0.29, 0.717) is 18.8 Å². The van der Waals surface area contributed by atoms with Gasteiger partial charge >= 0.3 is 0 Å². The van der Waals surface area contributed by atoms with Gasteiger partial charge in [-0.15, -0.1) is 0 Å². The van der Waals surface area contributed by atoms with Gasteiger partial charge in [0.2, 0.25) is 5.91 Å². The highest BCUT2D eigenvalue weighted by Crippen LogP contribution is 2.33. The van der Waals surface area contributed by atoms with Gasteiger partial charge in [-0.25, -0.2) is 0 Å². The maximum absolute atomic E-state index is 12.6. The maximum atomic E-state index is 12.6. The molecule has 0 spiro atoms. The van der Waals surface area contributed by atoms with Crippen LogP contribution >= 0.6 is 0 Å². The number of para-hydroxylation sites is 2. The summed E-state index contributed by atoms with van der Waals surface area (Å²) in [6, 6.07) is 15.6. The molecule has 2 aromatic rings. The van der Waals surface area contributed by atoms with Crippen molar-refractivity contribution in [3.63, 3.8) is 0 Å². The average molecular weight is 381 g/mol. The zero-order chi connectivity index (χ0) is 20.3. The number of amides is 2. The number of ether oxygens (including phenoxy) is 1. The Kier molecular flexibility index (Phi) is 5.87. The highest BCUT2D eigenvalue weighted by atomic mass is 16.5. The second-order valence-corrected chi connectivity index (χ2v) is 7.28. The van der Waals surface area contributed by atoms with Gasteiger partial charge in [-0.1, -0.05) is 24.3 Å². The lowest BCUT2D eigenvalue weighted by Gasteiger charge is -2.33. The van der Waals surface area contributed by atoms with E-state index < -0.39 is 6.10 Å². The Morgan fingerprint density at radius 2 is 1.75 bits per heavy atom. The first-order chi connectivity index (χ1) is 13.4. The van der Waals surface area contributed by atoms with Crippen molar-refractivity contribution in [3.8, 4) is 5.75 Å². The van der Waals surface area contributed by atoms with Crippen molar-refractivity contribution in [2.24, 2.45) is 0 Å². The fourth-order valence-corrected chi connectivity index (χ4v) is 3.25. The third-order valence-corrected chi connectivity index (χ3v) is 4.92. The van der Waals surface area contributed by atoms with E-state index in [9.17, 15) is 9.59 Å². The van der Waals surface area contributed by atoms with E-state index in [1.165, 1.54) is 0 Å². The van der Waals surface area contributed by atoms with Crippen LogP contribution < -0.4 is 14.5 Å². The highest BCUT2D eigenvalue weighted by Gasteiger charge is 2.31. The minimum Gasteiger partial charge on any atom is -0.479 e. The fourth-order valence-electron chi connectivity index (χ4n) is 3.25. The number of carbonyl (C=O) groups is 2. The van der Waals surface area contributed by atoms with Crippen LogP contribution in [-0.2, 0) is 16.1 Å². The van der Waals surface area contributed by atoms with E-state index in [4.69, 9.17) is 4.74 Å². The second-order valence-electron chi connectivity index (χ2n) is 7.28. The Morgan fingerprint density at radius 3 is 2.43 bits per heavy atom. The molecule has 2 amide bonds. The van der Waals surface area contributed by atoms with Crippen molar-refractivity contribution >= 4 is 23.2 Å². The lowest BCUT2D eigenvalue weighted by molar-refractivity contribution is -0.130. The van der Waals surface area contributed by atoms with Crippen LogP contribution in [0.4, 0.5) is 11.4 Å². The molecule has 148 valence electrons. The molecule has 0 saturated heterocycles. The average Bonchev–Trinajstić information content (AvgIpc) is 2.68. The highest BCUT2D eigenvalue weighted by molar-refractivity contribution is 6.00. The van der Waals surface area contributed by atoms with Crippen LogP contribution in [0.2, 0.25) is 0 Å². The van der Waals surface area contributed by atoms with Crippen molar-refractivity contribution in [2.75, 3.05) is 37.5 Å². The van der Waals surface area contributed by atoms with Gasteiger partial charge in [-0.3, -0.25) is 9.59 Å². The number of carbonyl (C=O) groups excluding carboxylic acids is 2. The van der Waals surface area contributed by atoms with Crippen molar-refractivity contribution in [1.82, 2.24) is 4.90 Å². The summed E-state index contributed by atoms with van der Waals surface area (Å²) in [6.45, 7) is 2.61. The normalized spacial score (nSPS) is 15.6. The number of hydrogen-bond acceptors (Lipinski definition) is 4. The first-order valence-corrected chi connectivity index (χ1v) is 9.44. The summed E-state index contributed by atoms with van der Waals surface area (Å²) in [4.78, 5) is 30.5. The summed E-state index contributed by atoms with van der Waals surface area (Å²) in [5.74, 6) is 0.561. The molecule has 1 aliphatic heterocycles. The molecule has 6 nitrogen and oxygen atoms in total. The molecule has 1 heterocycles. The lowest BCUT2D eigenvalue weighted by atomic mass is 10.1. The van der Waals surface area contributed by atoms with E-state index in [-0.39, 0.29) is 18.2 Å². The number of nitrogens with zero attached hydrogens (tertiary/aromatic N) is 3.